The standard InChI is InChI=1S/C22H18N2O4S/c25-18-13-20(23-8-10-27-11-9-23)28-21-17(14-29-22(18)21)15-4-3-5-16(12-15)24-7-2-1-6-19(24)26/h1-7,12-14H,8-11H2. The molecule has 0 saturated carbocycles. The predicted octanol–water partition coefficient (Wildman–Crippen LogP) is 3.51. The van der Waals surface area contributed by atoms with E-state index in [-0.39, 0.29) is 11.0 Å². The van der Waals surface area contributed by atoms with E-state index in [9.17, 15) is 9.59 Å². The zero-order chi connectivity index (χ0) is 19.8. The Kier molecular flexibility index (Phi) is 4.54. The van der Waals surface area contributed by atoms with Gasteiger partial charge in [-0.05, 0) is 23.8 Å². The first-order chi connectivity index (χ1) is 14.2. The van der Waals surface area contributed by atoms with Crippen LogP contribution >= 0.6 is 11.3 Å². The molecule has 0 radical (unpaired) electrons. The molecule has 6 nitrogen and oxygen atoms in total. The molecule has 0 atom stereocenters. The number of fused-ring (bicyclic) bond motifs is 1. The van der Waals surface area contributed by atoms with E-state index in [0.29, 0.717) is 42.5 Å². The van der Waals surface area contributed by atoms with E-state index in [1.165, 1.54) is 17.4 Å². The lowest BCUT2D eigenvalue weighted by Crippen LogP contribution is -2.36. The van der Waals surface area contributed by atoms with Gasteiger partial charge in [-0.3, -0.25) is 14.2 Å². The fraction of sp³-hybridized carbons (Fsp3) is 0.182. The van der Waals surface area contributed by atoms with E-state index >= 15 is 0 Å². The van der Waals surface area contributed by atoms with Crippen LogP contribution in [0.15, 0.2) is 74.1 Å². The number of benzene rings is 1. The van der Waals surface area contributed by atoms with Gasteiger partial charge in [0.2, 0.25) is 5.43 Å². The summed E-state index contributed by atoms with van der Waals surface area (Å²) in [7, 11) is 0. The zero-order valence-electron chi connectivity index (χ0n) is 15.5. The van der Waals surface area contributed by atoms with Crippen molar-refractivity contribution in [1.29, 1.82) is 0 Å². The van der Waals surface area contributed by atoms with Crippen LogP contribution in [0.5, 0.6) is 0 Å². The Balaban J connectivity index is 1.63. The number of rotatable bonds is 3. The molecule has 7 heteroatoms. The first-order valence-electron chi connectivity index (χ1n) is 9.37. The molecule has 146 valence electrons. The van der Waals surface area contributed by atoms with Gasteiger partial charge in [-0.2, -0.15) is 0 Å². The van der Waals surface area contributed by atoms with Crippen LogP contribution in [0.1, 0.15) is 0 Å². The minimum absolute atomic E-state index is 0.0422. The van der Waals surface area contributed by atoms with Crippen molar-refractivity contribution < 1.29 is 9.15 Å². The molecule has 4 heterocycles. The maximum atomic E-state index is 12.7. The molecular weight excluding hydrogens is 388 g/mol. The van der Waals surface area contributed by atoms with Gasteiger partial charge in [-0.15, -0.1) is 11.3 Å². The van der Waals surface area contributed by atoms with E-state index in [4.69, 9.17) is 9.15 Å². The Morgan fingerprint density at radius 1 is 0.966 bits per heavy atom. The maximum Gasteiger partial charge on any atom is 0.255 e. The Morgan fingerprint density at radius 2 is 1.83 bits per heavy atom. The Labute approximate surface area is 170 Å². The Hall–Kier alpha value is -3.16. The monoisotopic (exact) mass is 406 g/mol. The SMILES string of the molecule is O=c1cc(N2CCOCC2)oc2c(-c3cccc(-n4ccccc4=O)c3)csc12. The summed E-state index contributed by atoms with van der Waals surface area (Å²) in [5.41, 5.74) is 2.95. The summed E-state index contributed by atoms with van der Waals surface area (Å²) in [5, 5.41) is 1.94. The molecule has 1 aliphatic heterocycles. The zero-order valence-corrected chi connectivity index (χ0v) is 16.4. The first-order valence-corrected chi connectivity index (χ1v) is 10.3. The number of thiophene rings is 1. The maximum absolute atomic E-state index is 12.7. The van der Waals surface area contributed by atoms with Crippen LogP contribution in [-0.4, -0.2) is 30.9 Å². The summed E-state index contributed by atoms with van der Waals surface area (Å²) in [6.07, 6.45) is 1.74. The largest absolute Gasteiger partial charge is 0.439 e. The van der Waals surface area contributed by atoms with Gasteiger partial charge in [0.25, 0.3) is 5.56 Å². The fourth-order valence-electron chi connectivity index (χ4n) is 3.53. The highest BCUT2D eigenvalue weighted by Gasteiger charge is 2.18. The third kappa shape index (κ3) is 3.28. The smallest absolute Gasteiger partial charge is 0.255 e. The van der Waals surface area contributed by atoms with Gasteiger partial charge in [-0.25, -0.2) is 0 Å². The van der Waals surface area contributed by atoms with Gasteiger partial charge in [0, 0.05) is 48.0 Å². The normalized spacial score (nSPS) is 14.4. The number of pyridine rings is 1. The number of nitrogens with zero attached hydrogens (tertiary/aromatic N) is 2. The second-order valence-corrected chi connectivity index (χ2v) is 7.69. The van der Waals surface area contributed by atoms with Gasteiger partial charge in [0.05, 0.1) is 13.2 Å². The molecule has 1 saturated heterocycles. The highest BCUT2D eigenvalue weighted by atomic mass is 32.1. The minimum Gasteiger partial charge on any atom is -0.439 e. The number of morpholine rings is 1. The minimum atomic E-state index is -0.0963. The van der Waals surface area contributed by atoms with Crippen LogP contribution in [0.25, 0.3) is 27.1 Å². The van der Waals surface area contributed by atoms with Crippen LogP contribution in [-0.2, 0) is 4.74 Å². The fourth-order valence-corrected chi connectivity index (χ4v) is 4.45. The molecule has 3 aromatic heterocycles. The summed E-state index contributed by atoms with van der Waals surface area (Å²) in [6.45, 7) is 2.62. The lowest BCUT2D eigenvalue weighted by Gasteiger charge is -2.27. The van der Waals surface area contributed by atoms with Crippen molar-refractivity contribution >= 4 is 27.5 Å². The number of hydrogen-bond acceptors (Lipinski definition) is 6. The van der Waals surface area contributed by atoms with Crippen molar-refractivity contribution in [2.45, 2.75) is 0 Å². The molecule has 5 rings (SSSR count). The molecule has 0 N–H and O–H groups in total. The number of anilines is 1. The van der Waals surface area contributed by atoms with E-state index < -0.39 is 0 Å². The summed E-state index contributed by atoms with van der Waals surface area (Å²) < 4.78 is 13.8. The molecule has 1 fully saturated rings. The van der Waals surface area contributed by atoms with E-state index in [0.717, 1.165) is 16.8 Å². The number of hydrogen-bond donors (Lipinski definition) is 0. The third-order valence-corrected chi connectivity index (χ3v) is 5.99. The third-order valence-electron chi connectivity index (χ3n) is 5.01. The molecule has 0 amide bonds. The van der Waals surface area contributed by atoms with Crippen molar-refractivity contribution in [3.8, 4) is 16.8 Å². The lowest BCUT2D eigenvalue weighted by molar-refractivity contribution is 0.121. The predicted molar refractivity (Wildman–Crippen MR) is 114 cm³/mol. The van der Waals surface area contributed by atoms with E-state index in [1.54, 1.807) is 22.9 Å². The Bertz CT molecular complexity index is 1300. The molecule has 1 aromatic carbocycles. The molecule has 29 heavy (non-hydrogen) atoms. The van der Waals surface area contributed by atoms with Crippen LogP contribution < -0.4 is 15.9 Å². The molecule has 0 bridgehead atoms. The van der Waals surface area contributed by atoms with Crippen molar-refractivity contribution in [1.82, 2.24) is 4.57 Å². The van der Waals surface area contributed by atoms with Gasteiger partial charge >= 0.3 is 0 Å². The van der Waals surface area contributed by atoms with Gasteiger partial charge < -0.3 is 14.1 Å². The van der Waals surface area contributed by atoms with Crippen molar-refractivity contribution in [2.24, 2.45) is 0 Å². The highest BCUT2D eigenvalue weighted by Crippen LogP contribution is 2.35. The quantitative estimate of drug-likeness (QED) is 0.521. The first kappa shape index (κ1) is 17.9. The summed E-state index contributed by atoms with van der Waals surface area (Å²) in [5.74, 6) is 0.570. The summed E-state index contributed by atoms with van der Waals surface area (Å²) >= 11 is 1.38. The van der Waals surface area contributed by atoms with Crippen molar-refractivity contribution in [2.75, 3.05) is 31.2 Å². The Morgan fingerprint density at radius 3 is 2.66 bits per heavy atom. The average molecular weight is 406 g/mol. The molecule has 0 unspecified atom stereocenters. The molecule has 4 aromatic rings. The lowest BCUT2D eigenvalue weighted by atomic mass is 10.1. The van der Waals surface area contributed by atoms with Crippen LogP contribution in [0, 0.1) is 0 Å². The van der Waals surface area contributed by atoms with Gasteiger partial charge in [0.1, 0.15) is 4.70 Å². The van der Waals surface area contributed by atoms with Crippen LogP contribution in [0.2, 0.25) is 0 Å². The highest BCUT2D eigenvalue weighted by molar-refractivity contribution is 7.17. The van der Waals surface area contributed by atoms with E-state index in [1.807, 2.05) is 40.6 Å². The molecule has 0 spiro atoms. The van der Waals surface area contributed by atoms with Crippen molar-refractivity contribution in [3.63, 3.8) is 0 Å². The molecular formula is C22H18N2O4S. The second-order valence-electron chi connectivity index (χ2n) is 6.82. The number of aromatic nitrogens is 1. The number of ether oxygens (including phenoxy) is 1. The summed E-state index contributed by atoms with van der Waals surface area (Å²) in [6, 6.07) is 14.3. The van der Waals surface area contributed by atoms with Crippen molar-refractivity contribution in [3.05, 3.63) is 80.7 Å². The van der Waals surface area contributed by atoms with E-state index in [2.05, 4.69) is 0 Å². The van der Waals surface area contributed by atoms with Crippen LogP contribution in [0.3, 0.4) is 0 Å². The van der Waals surface area contributed by atoms with Crippen LogP contribution in [0.4, 0.5) is 5.88 Å². The topological polar surface area (TPSA) is 64.7 Å². The summed E-state index contributed by atoms with van der Waals surface area (Å²) in [4.78, 5) is 26.9. The average Bonchev–Trinajstić information content (AvgIpc) is 3.19. The molecule has 1 aliphatic rings. The van der Waals surface area contributed by atoms with Gasteiger partial charge in [-0.1, -0.05) is 18.2 Å². The van der Waals surface area contributed by atoms with Gasteiger partial charge in [0.15, 0.2) is 11.5 Å². The second kappa shape index (κ2) is 7.35. The molecule has 0 aliphatic carbocycles.